The fourth-order valence-corrected chi connectivity index (χ4v) is 5.40. The zero-order chi connectivity index (χ0) is 14.9. The molecule has 0 aliphatic heterocycles. The van der Waals surface area contributed by atoms with Crippen LogP contribution in [0.3, 0.4) is 0 Å². The molecule has 0 atom stereocenters. The van der Waals surface area contributed by atoms with Crippen LogP contribution in [0.15, 0.2) is 20.9 Å². The number of nitrogens with two attached hydrogens (primary N) is 1. The van der Waals surface area contributed by atoms with Crippen LogP contribution in [0.2, 0.25) is 0 Å². The summed E-state index contributed by atoms with van der Waals surface area (Å²) in [5, 5.41) is 4.21. The first-order chi connectivity index (χ1) is 9.37. The average Bonchev–Trinajstić information content (AvgIpc) is 2.92. The van der Waals surface area contributed by atoms with Gasteiger partial charge in [0.15, 0.2) is 0 Å². The minimum atomic E-state index is -3.65. The van der Waals surface area contributed by atoms with Crippen molar-refractivity contribution in [2.24, 2.45) is 12.8 Å². The summed E-state index contributed by atoms with van der Waals surface area (Å²) in [5.41, 5.74) is 6.75. The predicted octanol–water partition coefficient (Wildman–Crippen LogP) is 2.07. The molecule has 9 heteroatoms. The highest BCUT2D eigenvalue weighted by Gasteiger charge is 2.22. The monoisotopic (exact) mass is 378 g/mol. The topological polar surface area (TPSA) is 90.0 Å². The van der Waals surface area contributed by atoms with Gasteiger partial charge in [0.1, 0.15) is 4.90 Å². The molecule has 0 radical (unpaired) electrons. The van der Waals surface area contributed by atoms with Gasteiger partial charge in [0.2, 0.25) is 0 Å². The minimum Gasteiger partial charge on any atom is -0.326 e. The number of sulfonamides is 1. The van der Waals surface area contributed by atoms with E-state index in [9.17, 15) is 8.42 Å². The van der Waals surface area contributed by atoms with E-state index in [1.54, 1.807) is 24.0 Å². The highest BCUT2D eigenvalue weighted by atomic mass is 79.9. The van der Waals surface area contributed by atoms with E-state index in [4.69, 9.17) is 5.73 Å². The maximum atomic E-state index is 12.4. The molecule has 2 rings (SSSR count). The van der Waals surface area contributed by atoms with Gasteiger partial charge in [-0.1, -0.05) is 6.92 Å². The summed E-state index contributed by atoms with van der Waals surface area (Å²) in [6, 6.07) is 1.58. The molecule has 0 unspecified atom stereocenters. The van der Waals surface area contributed by atoms with Gasteiger partial charge in [0.25, 0.3) is 10.0 Å². The number of nitrogens with one attached hydrogen (secondary N) is 1. The van der Waals surface area contributed by atoms with E-state index in [0.717, 1.165) is 4.88 Å². The summed E-state index contributed by atoms with van der Waals surface area (Å²) >= 11 is 4.59. The molecule has 0 amide bonds. The van der Waals surface area contributed by atoms with Crippen molar-refractivity contribution in [2.75, 3.05) is 4.72 Å². The smallest absolute Gasteiger partial charge is 0.263 e. The van der Waals surface area contributed by atoms with Crippen LogP contribution in [0.5, 0.6) is 0 Å². The largest absolute Gasteiger partial charge is 0.326 e. The van der Waals surface area contributed by atoms with E-state index >= 15 is 0 Å². The first-order valence-electron chi connectivity index (χ1n) is 5.91. The molecule has 3 N–H and O–H groups in total. The lowest BCUT2D eigenvalue weighted by Gasteiger charge is -2.06. The van der Waals surface area contributed by atoms with Crippen LogP contribution < -0.4 is 10.5 Å². The maximum Gasteiger partial charge on any atom is 0.263 e. The minimum absolute atomic E-state index is 0.203. The van der Waals surface area contributed by atoms with Gasteiger partial charge in [-0.05, 0) is 28.4 Å². The summed E-state index contributed by atoms with van der Waals surface area (Å²) in [6.07, 6.45) is 2.30. The molecular formula is C11H15BrN4O2S2. The highest BCUT2D eigenvalue weighted by Crippen LogP contribution is 2.33. The molecule has 2 aromatic rings. The highest BCUT2D eigenvalue weighted by molar-refractivity contribution is 9.11. The second kappa shape index (κ2) is 5.84. The lowest BCUT2D eigenvalue weighted by molar-refractivity contribution is 0.601. The number of aromatic nitrogens is 2. The van der Waals surface area contributed by atoms with E-state index in [2.05, 4.69) is 25.8 Å². The first-order valence-corrected chi connectivity index (χ1v) is 9.00. The van der Waals surface area contributed by atoms with Crippen molar-refractivity contribution >= 4 is 43.0 Å². The van der Waals surface area contributed by atoms with E-state index in [-0.39, 0.29) is 4.90 Å². The Bertz CT molecular complexity index is 721. The van der Waals surface area contributed by atoms with Crippen molar-refractivity contribution in [1.82, 2.24) is 9.78 Å². The van der Waals surface area contributed by atoms with Gasteiger partial charge in [0, 0.05) is 24.7 Å². The predicted molar refractivity (Wildman–Crippen MR) is 83.3 cm³/mol. The lowest BCUT2D eigenvalue weighted by Crippen LogP contribution is -2.13. The summed E-state index contributed by atoms with van der Waals surface area (Å²) in [5.74, 6) is 0. The quantitative estimate of drug-likeness (QED) is 0.832. The van der Waals surface area contributed by atoms with E-state index < -0.39 is 10.0 Å². The number of halogens is 1. The molecule has 6 nitrogen and oxygen atoms in total. The molecule has 0 aromatic carbocycles. The second-order valence-corrected chi connectivity index (χ2v) is 8.28. The van der Waals surface area contributed by atoms with Gasteiger partial charge in [-0.25, -0.2) is 8.42 Å². The van der Waals surface area contributed by atoms with Crippen LogP contribution in [-0.4, -0.2) is 18.2 Å². The third-order valence-corrected chi connectivity index (χ3v) is 6.32. The molecule has 0 bridgehead atoms. The first kappa shape index (κ1) is 15.5. The number of hydrogen-bond donors (Lipinski definition) is 2. The van der Waals surface area contributed by atoms with Crippen LogP contribution in [0.4, 0.5) is 5.69 Å². The Morgan fingerprint density at radius 3 is 2.80 bits per heavy atom. The van der Waals surface area contributed by atoms with Gasteiger partial charge in [0.05, 0.1) is 15.2 Å². The Labute approximate surface area is 130 Å². The Morgan fingerprint density at radius 1 is 1.55 bits per heavy atom. The summed E-state index contributed by atoms with van der Waals surface area (Å²) in [4.78, 5) is 1.01. The fourth-order valence-electron chi connectivity index (χ4n) is 1.76. The Hall–Kier alpha value is -0.900. The number of anilines is 1. The van der Waals surface area contributed by atoms with E-state index in [1.165, 1.54) is 11.3 Å². The van der Waals surface area contributed by atoms with Crippen LogP contribution in [0.1, 0.15) is 17.5 Å². The summed E-state index contributed by atoms with van der Waals surface area (Å²) in [7, 11) is -1.89. The van der Waals surface area contributed by atoms with Gasteiger partial charge in [-0.15, -0.1) is 11.3 Å². The third kappa shape index (κ3) is 3.05. The zero-order valence-corrected chi connectivity index (χ0v) is 14.3. The Kier molecular flexibility index (Phi) is 4.52. The van der Waals surface area contributed by atoms with Gasteiger partial charge in [-0.3, -0.25) is 9.40 Å². The maximum absolute atomic E-state index is 12.4. The molecule has 2 aromatic heterocycles. The van der Waals surface area contributed by atoms with Crippen molar-refractivity contribution in [3.05, 3.63) is 26.6 Å². The standard InChI is InChI=1S/C11H15BrN4O2S2/c1-3-8-9(6-16(2)14-8)15-20(17,18)10-4-7(5-13)19-11(10)12/h4,6,15H,3,5,13H2,1-2H3. The summed E-state index contributed by atoms with van der Waals surface area (Å²) in [6.45, 7) is 2.24. The van der Waals surface area contributed by atoms with Crippen molar-refractivity contribution in [3.63, 3.8) is 0 Å². The number of rotatable bonds is 5. The molecule has 0 saturated carbocycles. The molecule has 0 spiro atoms. The molecule has 2 heterocycles. The van der Waals surface area contributed by atoms with Crippen LogP contribution in [0, 0.1) is 0 Å². The van der Waals surface area contributed by atoms with Crippen LogP contribution in [-0.2, 0) is 30.0 Å². The van der Waals surface area contributed by atoms with Crippen molar-refractivity contribution in [2.45, 2.75) is 24.8 Å². The zero-order valence-electron chi connectivity index (χ0n) is 11.1. The normalized spacial score (nSPS) is 11.8. The fraction of sp³-hybridized carbons (Fsp3) is 0.364. The molecule has 110 valence electrons. The van der Waals surface area contributed by atoms with Crippen molar-refractivity contribution in [3.8, 4) is 0 Å². The average molecular weight is 379 g/mol. The van der Waals surface area contributed by atoms with Crippen LogP contribution >= 0.6 is 27.3 Å². The second-order valence-electron chi connectivity index (χ2n) is 4.18. The Balaban J connectivity index is 2.37. The third-order valence-electron chi connectivity index (χ3n) is 2.68. The SMILES string of the molecule is CCc1nn(C)cc1NS(=O)(=O)c1cc(CN)sc1Br. The van der Waals surface area contributed by atoms with Crippen molar-refractivity contribution in [1.29, 1.82) is 0 Å². The van der Waals surface area contributed by atoms with Crippen molar-refractivity contribution < 1.29 is 8.42 Å². The molecular weight excluding hydrogens is 364 g/mol. The Morgan fingerprint density at radius 2 is 2.25 bits per heavy atom. The molecule has 0 aliphatic rings. The van der Waals surface area contributed by atoms with Gasteiger partial charge in [-0.2, -0.15) is 5.10 Å². The van der Waals surface area contributed by atoms with Crippen LogP contribution in [0.25, 0.3) is 0 Å². The number of thiophene rings is 1. The summed E-state index contributed by atoms with van der Waals surface area (Å²) < 4.78 is 29.5. The number of hydrogen-bond acceptors (Lipinski definition) is 5. The number of nitrogens with zero attached hydrogens (tertiary/aromatic N) is 2. The van der Waals surface area contributed by atoms with Gasteiger partial charge < -0.3 is 5.73 Å². The lowest BCUT2D eigenvalue weighted by atomic mass is 10.3. The molecule has 0 fully saturated rings. The van der Waals surface area contributed by atoms with E-state index in [0.29, 0.717) is 28.1 Å². The number of aryl methyl sites for hydroxylation is 2. The molecule has 20 heavy (non-hydrogen) atoms. The molecule has 0 aliphatic carbocycles. The van der Waals surface area contributed by atoms with Gasteiger partial charge >= 0.3 is 0 Å². The van der Waals surface area contributed by atoms with E-state index in [1.807, 2.05) is 6.92 Å². The molecule has 0 saturated heterocycles.